The van der Waals surface area contributed by atoms with E-state index >= 15 is 0 Å². The molecule has 4 rings (SSSR count). The zero-order valence-corrected chi connectivity index (χ0v) is 15.4. The Morgan fingerprint density at radius 3 is 2.46 bits per heavy atom. The first kappa shape index (κ1) is 17.9. The van der Waals surface area contributed by atoms with Gasteiger partial charge in [0.05, 0.1) is 11.6 Å². The Balaban J connectivity index is 1.95. The number of ketones is 1. The smallest absolute Gasteiger partial charge is 0.300 e. The van der Waals surface area contributed by atoms with Crippen molar-refractivity contribution in [2.45, 2.75) is 6.04 Å². The maximum absolute atomic E-state index is 12.9. The molecule has 1 unspecified atom stereocenters. The summed E-state index contributed by atoms with van der Waals surface area (Å²) >= 11 is 6.10. The maximum atomic E-state index is 12.9. The van der Waals surface area contributed by atoms with Crippen LogP contribution in [0, 0.1) is 0 Å². The molecule has 0 radical (unpaired) electrons. The molecule has 0 bridgehead atoms. The summed E-state index contributed by atoms with van der Waals surface area (Å²) in [5, 5.41) is 11.3. The number of rotatable bonds is 3. The molecule has 1 aliphatic rings. The zero-order chi connectivity index (χ0) is 19.7. The van der Waals surface area contributed by atoms with E-state index in [9.17, 15) is 14.7 Å². The van der Waals surface area contributed by atoms with Gasteiger partial charge in [0.25, 0.3) is 11.7 Å². The number of nitrogens with zero attached hydrogens (tertiary/aromatic N) is 2. The van der Waals surface area contributed by atoms with Crippen molar-refractivity contribution in [1.82, 2.24) is 4.98 Å². The molecule has 2 heterocycles. The van der Waals surface area contributed by atoms with Crippen LogP contribution in [-0.4, -0.2) is 21.8 Å². The van der Waals surface area contributed by atoms with Crippen molar-refractivity contribution in [2.24, 2.45) is 0 Å². The van der Waals surface area contributed by atoms with E-state index in [0.29, 0.717) is 21.8 Å². The van der Waals surface area contributed by atoms with Crippen molar-refractivity contribution < 1.29 is 14.7 Å². The fourth-order valence-corrected chi connectivity index (χ4v) is 3.51. The molecule has 1 aromatic heterocycles. The number of hydrogen-bond donors (Lipinski definition) is 1. The third-order valence-corrected chi connectivity index (χ3v) is 4.81. The summed E-state index contributed by atoms with van der Waals surface area (Å²) in [7, 11) is 0. The standard InChI is InChI=1S/C22H15ClN2O3/c23-16-9-4-10-17(12-16)25-19(15-8-5-11-24-13-15)18(21(27)22(25)28)20(26)14-6-2-1-3-7-14/h1-13,19,26H/b20-18+. The molecule has 1 amide bonds. The minimum Gasteiger partial charge on any atom is -0.507 e. The van der Waals surface area contributed by atoms with E-state index in [2.05, 4.69) is 4.98 Å². The first-order valence-corrected chi connectivity index (χ1v) is 8.97. The van der Waals surface area contributed by atoms with Gasteiger partial charge in [-0.05, 0) is 29.8 Å². The van der Waals surface area contributed by atoms with Crippen LogP contribution >= 0.6 is 11.6 Å². The Labute approximate surface area is 166 Å². The van der Waals surface area contributed by atoms with E-state index in [1.165, 1.54) is 4.90 Å². The summed E-state index contributed by atoms with van der Waals surface area (Å²) in [6, 6.07) is 18.0. The fraction of sp³-hybridized carbons (Fsp3) is 0.0455. The molecule has 1 fully saturated rings. The molecule has 5 nitrogen and oxygen atoms in total. The average molecular weight is 391 g/mol. The van der Waals surface area contributed by atoms with Crippen LogP contribution in [0.3, 0.4) is 0 Å². The zero-order valence-electron chi connectivity index (χ0n) is 14.6. The molecule has 1 atom stereocenters. The summed E-state index contributed by atoms with van der Waals surface area (Å²) in [5.41, 5.74) is 1.55. The summed E-state index contributed by atoms with van der Waals surface area (Å²) in [6.45, 7) is 0. The highest BCUT2D eigenvalue weighted by atomic mass is 35.5. The SMILES string of the molecule is O=C1C(=O)N(c2cccc(Cl)c2)C(c2cccnc2)/C1=C(\O)c1ccccc1. The number of aliphatic hydroxyl groups excluding tert-OH is 1. The van der Waals surface area contributed by atoms with Crippen molar-refractivity contribution in [3.8, 4) is 0 Å². The second-order valence-corrected chi connectivity index (χ2v) is 6.74. The Hall–Kier alpha value is -3.44. The van der Waals surface area contributed by atoms with Crippen molar-refractivity contribution in [2.75, 3.05) is 4.90 Å². The number of carbonyl (C=O) groups excluding carboxylic acids is 2. The number of amides is 1. The number of aromatic nitrogens is 1. The minimum absolute atomic E-state index is 0.0178. The first-order chi connectivity index (χ1) is 13.6. The summed E-state index contributed by atoms with van der Waals surface area (Å²) in [6.07, 6.45) is 3.18. The van der Waals surface area contributed by atoms with E-state index < -0.39 is 17.7 Å². The molecule has 1 saturated heterocycles. The molecule has 1 N–H and O–H groups in total. The van der Waals surface area contributed by atoms with Crippen LogP contribution in [0.1, 0.15) is 17.2 Å². The van der Waals surface area contributed by atoms with Crippen LogP contribution in [-0.2, 0) is 9.59 Å². The molecule has 0 aliphatic carbocycles. The second-order valence-electron chi connectivity index (χ2n) is 6.30. The van der Waals surface area contributed by atoms with Gasteiger partial charge in [0, 0.05) is 28.7 Å². The molecule has 6 heteroatoms. The van der Waals surface area contributed by atoms with Gasteiger partial charge < -0.3 is 5.11 Å². The van der Waals surface area contributed by atoms with Crippen molar-refractivity contribution in [3.63, 3.8) is 0 Å². The van der Waals surface area contributed by atoms with Crippen LogP contribution in [0.2, 0.25) is 5.02 Å². The van der Waals surface area contributed by atoms with E-state index in [4.69, 9.17) is 11.6 Å². The Kier molecular flexibility index (Phi) is 4.67. The van der Waals surface area contributed by atoms with Crippen LogP contribution in [0.5, 0.6) is 0 Å². The highest BCUT2D eigenvalue weighted by Crippen LogP contribution is 2.42. The van der Waals surface area contributed by atoms with Crippen LogP contribution in [0.4, 0.5) is 5.69 Å². The monoisotopic (exact) mass is 390 g/mol. The number of hydrogen-bond acceptors (Lipinski definition) is 4. The molecule has 0 saturated carbocycles. The number of anilines is 1. The van der Waals surface area contributed by atoms with Crippen molar-refractivity contribution in [1.29, 1.82) is 0 Å². The molecule has 0 spiro atoms. The van der Waals surface area contributed by atoms with Gasteiger partial charge in [-0.25, -0.2) is 0 Å². The molecule has 2 aromatic carbocycles. The number of Topliss-reactive ketones (excluding diaryl/α,β-unsaturated/α-hetero) is 1. The van der Waals surface area contributed by atoms with Crippen LogP contribution in [0.25, 0.3) is 5.76 Å². The number of benzene rings is 2. The number of aliphatic hydroxyl groups is 1. The Morgan fingerprint density at radius 1 is 1.00 bits per heavy atom. The third-order valence-electron chi connectivity index (χ3n) is 4.58. The molecular weight excluding hydrogens is 376 g/mol. The minimum atomic E-state index is -0.813. The lowest BCUT2D eigenvalue weighted by Gasteiger charge is -2.25. The molecule has 138 valence electrons. The van der Waals surface area contributed by atoms with Gasteiger partial charge in [-0.3, -0.25) is 19.5 Å². The quantitative estimate of drug-likeness (QED) is 0.410. The fourth-order valence-electron chi connectivity index (χ4n) is 3.33. The largest absolute Gasteiger partial charge is 0.507 e. The van der Waals surface area contributed by atoms with Crippen molar-refractivity contribution in [3.05, 3.63) is 101 Å². The van der Waals surface area contributed by atoms with Crippen LogP contribution < -0.4 is 4.90 Å². The van der Waals surface area contributed by atoms with Gasteiger partial charge in [0.2, 0.25) is 0 Å². The predicted molar refractivity (Wildman–Crippen MR) is 107 cm³/mol. The maximum Gasteiger partial charge on any atom is 0.300 e. The van der Waals surface area contributed by atoms with Gasteiger partial charge in [0.1, 0.15) is 5.76 Å². The molecule has 1 aliphatic heterocycles. The molecular formula is C22H15ClN2O3. The van der Waals surface area contributed by atoms with Crippen molar-refractivity contribution >= 4 is 34.7 Å². The number of pyridine rings is 1. The van der Waals surface area contributed by atoms with Gasteiger partial charge in [-0.15, -0.1) is 0 Å². The Morgan fingerprint density at radius 2 is 1.79 bits per heavy atom. The number of carbonyl (C=O) groups is 2. The average Bonchev–Trinajstić information content (AvgIpc) is 3.00. The van der Waals surface area contributed by atoms with Gasteiger partial charge in [-0.1, -0.05) is 54.1 Å². The summed E-state index contributed by atoms with van der Waals surface area (Å²) in [4.78, 5) is 31.3. The lowest BCUT2D eigenvalue weighted by atomic mass is 9.96. The highest BCUT2D eigenvalue weighted by Gasteiger charge is 2.47. The lowest BCUT2D eigenvalue weighted by molar-refractivity contribution is -0.132. The van der Waals surface area contributed by atoms with Gasteiger partial charge >= 0.3 is 0 Å². The summed E-state index contributed by atoms with van der Waals surface area (Å²) < 4.78 is 0. The van der Waals surface area contributed by atoms with Crippen LogP contribution in [0.15, 0.2) is 84.7 Å². The summed E-state index contributed by atoms with van der Waals surface area (Å²) in [5.74, 6) is -1.71. The van der Waals surface area contributed by atoms with E-state index in [1.807, 2.05) is 0 Å². The highest BCUT2D eigenvalue weighted by molar-refractivity contribution is 6.51. The van der Waals surface area contributed by atoms with E-state index in [0.717, 1.165) is 0 Å². The van der Waals surface area contributed by atoms with E-state index in [-0.39, 0.29) is 11.3 Å². The lowest BCUT2D eigenvalue weighted by Crippen LogP contribution is -2.29. The topological polar surface area (TPSA) is 70.5 Å². The predicted octanol–water partition coefficient (Wildman–Crippen LogP) is 4.36. The third kappa shape index (κ3) is 3.06. The molecule has 3 aromatic rings. The van der Waals surface area contributed by atoms with Gasteiger partial charge in [0.15, 0.2) is 0 Å². The Bertz CT molecular complexity index is 1080. The first-order valence-electron chi connectivity index (χ1n) is 8.60. The number of halogens is 1. The second kappa shape index (κ2) is 7.29. The van der Waals surface area contributed by atoms with E-state index in [1.54, 1.807) is 79.1 Å². The van der Waals surface area contributed by atoms with Gasteiger partial charge in [-0.2, -0.15) is 0 Å². The molecule has 28 heavy (non-hydrogen) atoms. The normalized spacial score (nSPS) is 18.5.